The summed E-state index contributed by atoms with van der Waals surface area (Å²) in [4.78, 5) is 27.3. The molecule has 1 aromatic carbocycles. The Bertz CT molecular complexity index is 1290. The van der Waals surface area contributed by atoms with E-state index in [0.29, 0.717) is 39.9 Å². The third-order valence-corrected chi connectivity index (χ3v) is 4.69. The third kappa shape index (κ3) is 3.81. The summed E-state index contributed by atoms with van der Waals surface area (Å²) in [5.41, 5.74) is 7.64. The lowest BCUT2D eigenvalue weighted by Gasteiger charge is -2.24. The molecule has 9 nitrogen and oxygen atoms in total. The van der Waals surface area contributed by atoms with Crippen LogP contribution in [0.25, 0.3) is 33.3 Å². The van der Waals surface area contributed by atoms with Crippen molar-refractivity contribution in [3.8, 4) is 11.5 Å². The zero-order valence-corrected chi connectivity index (χ0v) is 18.1. The van der Waals surface area contributed by atoms with Crippen LogP contribution in [0, 0.1) is 0 Å². The molecule has 3 aromatic heterocycles. The molecule has 31 heavy (non-hydrogen) atoms. The molecule has 0 fully saturated rings. The number of hydrogen-bond acceptors (Lipinski definition) is 8. The number of para-hydroxylation sites is 1. The van der Waals surface area contributed by atoms with E-state index in [0.717, 1.165) is 10.8 Å². The number of carbonyl (C=O) groups excluding carboxylic acids is 1. The molecule has 3 N–H and O–H groups in total. The molecule has 3 heterocycles. The Morgan fingerprint density at radius 3 is 2.68 bits per heavy atom. The summed E-state index contributed by atoms with van der Waals surface area (Å²) < 4.78 is 11.5. The van der Waals surface area contributed by atoms with Crippen LogP contribution >= 0.6 is 0 Å². The zero-order valence-electron chi connectivity index (χ0n) is 18.1. The van der Waals surface area contributed by atoms with Crippen LogP contribution in [0.1, 0.15) is 20.8 Å². The Hall–Kier alpha value is -3.88. The van der Waals surface area contributed by atoms with Gasteiger partial charge in [-0.2, -0.15) is 0 Å². The molecule has 0 aliphatic carbocycles. The average molecular weight is 420 g/mol. The average Bonchev–Trinajstić information content (AvgIpc) is 3.15. The molecule has 4 aromatic rings. The van der Waals surface area contributed by atoms with Crippen molar-refractivity contribution in [2.45, 2.75) is 26.4 Å². The van der Waals surface area contributed by atoms with Crippen molar-refractivity contribution in [3.63, 3.8) is 0 Å². The highest BCUT2D eigenvalue weighted by atomic mass is 16.6. The molecular formula is C22H24N6O3. The predicted molar refractivity (Wildman–Crippen MR) is 121 cm³/mol. The van der Waals surface area contributed by atoms with E-state index in [1.807, 2.05) is 20.8 Å². The van der Waals surface area contributed by atoms with Crippen molar-refractivity contribution in [3.05, 3.63) is 36.7 Å². The van der Waals surface area contributed by atoms with Gasteiger partial charge in [0.2, 0.25) is 5.89 Å². The molecule has 9 heteroatoms. The maximum Gasteiger partial charge on any atom is 0.414 e. The number of nitrogens with two attached hydrogens (primary N) is 1. The second kappa shape index (κ2) is 7.42. The van der Waals surface area contributed by atoms with E-state index < -0.39 is 11.7 Å². The van der Waals surface area contributed by atoms with Crippen LogP contribution in [-0.4, -0.2) is 40.7 Å². The molecule has 0 atom stereocenters. The molecule has 0 spiro atoms. The summed E-state index contributed by atoms with van der Waals surface area (Å²) in [5.74, 6) is 1.42. The number of rotatable bonds is 3. The molecule has 0 radical (unpaired) electrons. The fraction of sp³-hybridized carbons (Fsp3) is 0.273. The van der Waals surface area contributed by atoms with E-state index in [-0.39, 0.29) is 0 Å². The second-order valence-electron chi connectivity index (χ2n) is 8.11. The lowest BCUT2D eigenvalue weighted by atomic mass is 10.1. The lowest BCUT2D eigenvalue weighted by Crippen LogP contribution is -2.34. The van der Waals surface area contributed by atoms with E-state index in [9.17, 15) is 4.79 Å². The van der Waals surface area contributed by atoms with Crippen LogP contribution in [-0.2, 0) is 4.74 Å². The number of pyridine rings is 2. The molecular weight excluding hydrogens is 396 g/mol. The van der Waals surface area contributed by atoms with Gasteiger partial charge in [0.05, 0.1) is 11.3 Å². The number of aromatic nitrogens is 3. The number of anilines is 3. The minimum Gasteiger partial charge on any atom is -0.443 e. The summed E-state index contributed by atoms with van der Waals surface area (Å²) in [6.07, 6.45) is 2.86. The smallest absolute Gasteiger partial charge is 0.414 e. The zero-order chi connectivity index (χ0) is 22.3. The van der Waals surface area contributed by atoms with Gasteiger partial charge in [-0.15, -0.1) is 0 Å². The fourth-order valence-corrected chi connectivity index (χ4v) is 3.27. The number of carbonyl (C=O) groups is 1. The molecule has 0 saturated heterocycles. The van der Waals surface area contributed by atoms with Crippen LogP contribution < -0.4 is 16.0 Å². The van der Waals surface area contributed by atoms with E-state index >= 15 is 0 Å². The van der Waals surface area contributed by atoms with Gasteiger partial charge in [0.15, 0.2) is 5.58 Å². The number of hydrogen-bond donors (Lipinski definition) is 2. The van der Waals surface area contributed by atoms with E-state index in [2.05, 4.69) is 20.3 Å². The molecule has 4 rings (SSSR count). The molecule has 0 aliphatic heterocycles. The van der Waals surface area contributed by atoms with E-state index in [4.69, 9.17) is 14.9 Å². The van der Waals surface area contributed by atoms with E-state index in [1.165, 1.54) is 4.90 Å². The highest BCUT2D eigenvalue weighted by Crippen LogP contribution is 2.35. The lowest BCUT2D eigenvalue weighted by molar-refractivity contribution is 0.0589. The van der Waals surface area contributed by atoms with Crippen LogP contribution in [0.15, 0.2) is 41.1 Å². The summed E-state index contributed by atoms with van der Waals surface area (Å²) in [6, 6.07) is 7.15. The standard InChI is InChI=1S/C22H24N6O3/c1-22(2,3)31-21(29)28(5)15-7-6-8-16-18(15)27-20(30-16)14-11-26-19(24-4)13-10-25-17(23)9-12(13)14/h6-11H,1-5H3,(H2,23,25)(H,24,26). The number of oxazole rings is 1. The first-order valence-electron chi connectivity index (χ1n) is 9.76. The minimum atomic E-state index is -0.609. The van der Waals surface area contributed by atoms with Crippen LogP contribution in [0.5, 0.6) is 0 Å². The first-order valence-corrected chi connectivity index (χ1v) is 9.76. The minimum absolute atomic E-state index is 0.366. The maximum atomic E-state index is 12.6. The number of nitrogens with one attached hydrogen (secondary N) is 1. The Morgan fingerprint density at radius 1 is 1.19 bits per heavy atom. The van der Waals surface area contributed by atoms with Gasteiger partial charge in [0, 0.05) is 37.3 Å². The number of benzene rings is 1. The quantitative estimate of drug-likeness (QED) is 0.499. The Labute approximate surface area is 179 Å². The van der Waals surface area contributed by atoms with Crippen LogP contribution in [0.4, 0.5) is 22.1 Å². The summed E-state index contributed by atoms with van der Waals surface area (Å²) in [5, 5.41) is 4.65. The van der Waals surface area contributed by atoms with Gasteiger partial charge in [0.25, 0.3) is 0 Å². The van der Waals surface area contributed by atoms with Crippen molar-refractivity contribution >= 4 is 45.3 Å². The first-order chi connectivity index (χ1) is 14.7. The molecule has 0 unspecified atom stereocenters. The van der Waals surface area contributed by atoms with Gasteiger partial charge >= 0.3 is 6.09 Å². The monoisotopic (exact) mass is 420 g/mol. The number of ether oxygens (including phenoxy) is 1. The third-order valence-electron chi connectivity index (χ3n) is 4.69. The summed E-state index contributed by atoms with van der Waals surface area (Å²) >= 11 is 0. The predicted octanol–water partition coefficient (Wildman–Crippen LogP) is 4.43. The number of amides is 1. The molecule has 0 bridgehead atoms. The van der Waals surface area contributed by atoms with Gasteiger partial charge in [-0.05, 0) is 39.0 Å². The van der Waals surface area contributed by atoms with Crippen LogP contribution in [0.3, 0.4) is 0 Å². The number of nitrogens with zero attached hydrogens (tertiary/aromatic N) is 4. The van der Waals surface area contributed by atoms with Crippen molar-refractivity contribution in [1.82, 2.24) is 15.0 Å². The molecule has 160 valence electrons. The largest absolute Gasteiger partial charge is 0.443 e. The van der Waals surface area contributed by atoms with Crippen molar-refractivity contribution in [1.29, 1.82) is 0 Å². The highest BCUT2D eigenvalue weighted by molar-refractivity contribution is 6.03. The van der Waals surface area contributed by atoms with Crippen molar-refractivity contribution in [2.24, 2.45) is 0 Å². The van der Waals surface area contributed by atoms with Crippen LogP contribution in [0.2, 0.25) is 0 Å². The normalized spacial score (nSPS) is 11.6. The summed E-state index contributed by atoms with van der Waals surface area (Å²) in [7, 11) is 3.43. The van der Waals surface area contributed by atoms with Gasteiger partial charge < -0.3 is 20.2 Å². The first kappa shape index (κ1) is 20.4. The SMILES string of the molecule is CNc1ncc(-c2nc3c(N(C)C(=O)OC(C)(C)C)cccc3o2)c2cc(N)ncc12. The van der Waals surface area contributed by atoms with Gasteiger partial charge in [0.1, 0.15) is 22.8 Å². The topological polar surface area (TPSA) is 119 Å². The van der Waals surface area contributed by atoms with Crippen molar-refractivity contribution in [2.75, 3.05) is 30.0 Å². The molecule has 1 amide bonds. The van der Waals surface area contributed by atoms with Gasteiger partial charge in [-0.25, -0.2) is 19.7 Å². The highest BCUT2D eigenvalue weighted by Gasteiger charge is 2.24. The Morgan fingerprint density at radius 2 is 1.97 bits per heavy atom. The summed E-state index contributed by atoms with van der Waals surface area (Å²) in [6.45, 7) is 5.46. The molecule has 0 aliphatic rings. The van der Waals surface area contributed by atoms with Crippen molar-refractivity contribution < 1.29 is 13.9 Å². The Kier molecular flexibility index (Phi) is 4.88. The maximum absolute atomic E-state index is 12.6. The molecule has 0 saturated carbocycles. The number of nitrogen functional groups attached to an aromatic ring is 1. The Balaban J connectivity index is 1.84. The fourth-order valence-electron chi connectivity index (χ4n) is 3.27. The van der Waals surface area contributed by atoms with Gasteiger partial charge in [-0.1, -0.05) is 6.07 Å². The van der Waals surface area contributed by atoms with Gasteiger partial charge in [-0.3, -0.25) is 4.90 Å². The second-order valence-corrected chi connectivity index (χ2v) is 8.11. The van der Waals surface area contributed by atoms with E-state index in [1.54, 1.807) is 50.8 Å². The number of fused-ring (bicyclic) bond motifs is 2.